The lowest BCUT2D eigenvalue weighted by atomic mass is 10.1. The lowest BCUT2D eigenvalue weighted by Gasteiger charge is -2.04. The molecule has 3 rings (SSSR count). The molecule has 2 heteroatoms. The Bertz CT molecular complexity index is 435. The minimum atomic E-state index is 0.140. The molecule has 1 fully saturated rings. The second-order valence-electron chi connectivity index (χ2n) is 4.29. The number of thiophene rings is 1. The number of hydrogen-bond donors (Lipinski definition) is 1. The number of nitrogens with two attached hydrogens (primary N) is 1. The Morgan fingerprint density at radius 2 is 2.07 bits per heavy atom. The number of hydrogen-bond acceptors (Lipinski definition) is 2. The first-order chi connectivity index (χ1) is 6.75. The third-order valence-electron chi connectivity index (χ3n) is 2.90. The van der Waals surface area contributed by atoms with Crippen molar-refractivity contribution in [2.24, 2.45) is 5.73 Å². The highest BCUT2D eigenvalue weighted by molar-refractivity contribution is 7.19. The summed E-state index contributed by atoms with van der Waals surface area (Å²) >= 11 is 1.88. The summed E-state index contributed by atoms with van der Waals surface area (Å²) in [4.78, 5) is 1.44. The van der Waals surface area contributed by atoms with Gasteiger partial charge in [0.2, 0.25) is 0 Å². The van der Waals surface area contributed by atoms with Crippen LogP contribution in [0.15, 0.2) is 30.3 Å². The first kappa shape index (κ1) is 8.45. The van der Waals surface area contributed by atoms with E-state index in [1.165, 1.54) is 27.8 Å². The summed E-state index contributed by atoms with van der Waals surface area (Å²) in [6.45, 7) is 0. The van der Waals surface area contributed by atoms with E-state index in [0.717, 1.165) is 6.42 Å². The Kier molecular flexibility index (Phi) is 1.70. The van der Waals surface area contributed by atoms with Crippen LogP contribution in [0, 0.1) is 0 Å². The maximum Gasteiger partial charge on any atom is 0.0345 e. The third kappa shape index (κ3) is 1.45. The van der Waals surface area contributed by atoms with Crippen LogP contribution in [0.4, 0.5) is 0 Å². The zero-order valence-electron chi connectivity index (χ0n) is 7.99. The van der Waals surface area contributed by atoms with Crippen LogP contribution < -0.4 is 5.73 Å². The van der Waals surface area contributed by atoms with Crippen LogP contribution in [-0.4, -0.2) is 5.54 Å². The van der Waals surface area contributed by atoms with Crippen molar-refractivity contribution in [3.8, 4) is 0 Å². The van der Waals surface area contributed by atoms with E-state index in [1.807, 2.05) is 11.3 Å². The summed E-state index contributed by atoms with van der Waals surface area (Å²) in [5, 5.41) is 1.36. The average molecular weight is 203 g/mol. The van der Waals surface area contributed by atoms with Crippen molar-refractivity contribution in [2.75, 3.05) is 0 Å². The van der Waals surface area contributed by atoms with Gasteiger partial charge in [0.25, 0.3) is 0 Å². The van der Waals surface area contributed by atoms with Gasteiger partial charge in [0, 0.05) is 15.1 Å². The molecule has 1 saturated carbocycles. The normalized spacial score (nSPS) is 18.6. The van der Waals surface area contributed by atoms with E-state index < -0.39 is 0 Å². The van der Waals surface area contributed by atoms with Crippen molar-refractivity contribution < 1.29 is 0 Å². The molecule has 72 valence electrons. The predicted molar refractivity (Wildman–Crippen MR) is 61.7 cm³/mol. The molecule has 1 aromatic heterocycles. The van der Waals surface area contributed by atoms with Crippen LogP contribution in [0.5, 0.6) is 0 Å². The second-order valence-corrected chi connectivity index (χ2v) is 5.46. The Labute approximate surface area is 87.5 Å². The molecule has 0 bridgehead atoms. The van der Waals surface area contributed by atoms with Crippen LogP contribution in [0.25, 0.3) is 10.1 Å². The van der Waals surface area contributed by atoms with Crippen molar-refractivity contribution in [2.45, 2.75) is 24.8 Å². The van der Waals surface area contributed by atoms with E-state index in [4.69, 9.17) is 5.73 Å². The fraction of sp³-hybridized carbons (Fsp3) is 0.333. The molecule has 1 aromatic carbocycles. The van der Waals surface area contributed by atoms with Gasteiger partial charge in [-0.1, -0.05) is 18.2 Å². The van der Waals surface area contributed by atoms with Crippen molar-refractivity contribution in [3.63, 3.8) is 0 Å². The minimum Gasteiger partial charge on any atom is -0.325 e. The zero-order chi connectivity index (χ0) is 9.60. The van der Waals surface area contributed by atoms with Crippen LogP contribution >= 0.6 is 11.3 Å². The Hall–Kier alpha value is -0.860. The number of fused-ring (bicyclic) bond motifs is 1. The molecule has 1 aliphatic carbocycles. The highest BCUT2D eigenvalue weighted by Crippen LogP contribution is 2.38. The monoisotopic (exact) mass is 203 g/mol. The molecule has 0 atom stereocenters. The molecule has 2 aromatic rings. The SMILES string of the molecule is NC1(Cc2cc3ccccc3s2)CC1. The van der Waals surface area contributed by atoms with Gasteiger partial charge in [-0.05, 0) is 36.8 Å². The summed E-state index contributed by atoms with van der Waals surface area (Å²) in [5.74, 6) is 0. The van der Waals surface area contributed by atoms with Gasteiger partial charge in [0.15, 0.2) is 0 Å². The molecule has 1 aliphatic rings. The molecular weight excluding hydrogens is 190 g/mol. The highest BCUT2D eigenvalue weighted by atomic mass is 32.1. The summed E-state index contributed by atoms with van der Waals surface area (Å²) in [5.41, 5.74) is 6.25. The largest absolute Gasteiger partial charge is 0.325 e. The first-order valence-electron chi connectivity index (χ1n) is 5.02. The molecule has 0 amide bonds. The standard InChI is InChI=1S/C12H13NS/c13-12(5-6-12)8-10-7-9-3-1-2-4-11(9)14-10/h1-4,7H,5-6,8,13H2. The molecule has 0 aliphatic heterocycles. The van der Waals surface area contributed by atoms with Crippen molar-refractivity contribution in [3.05, 3.63) is 35.2 Å². The fourth-order valence-electron chi connectivity index (χ4n) is 1.81. The highest BCUT2D eigenvalue weighted by Gasteiger charge is 2.38. The quantitative estimate of drug-likeness (QED) is 0.798. The van der Waals surface area contributed by atoms with Crippen LogP contribution in [0.1, 0.15) is 17.7 Å². The van der Waals surface area contributed by atoms with E-state index in [9.17, 15) is 0 Å². The Morgan fingerprint density at radius 3 is 2.79 bits per heavy atom. The number of rotatable bonds is 2. The van der Waals surface area contributed by atoms with Gasteiger partial charge in [0.1, 0.15) is 0 Å². The van der Waals surface area contributed by atoms with Gasteiger partial charge in [-0.3, -0.25) is 0 Å². The van der Waals surface area contributed by atoms with E-state index in [0.29, 0.717) is 0 Å². The Morgan fingerprint density at radius 1 is 1.29 bits per heavy atom. The van der Waals surface area contributed by atoms with Crippen molar-refractivity contribution in [1.29, 1.82) is 0 Å². The van der Waals surface area contributed by atoms with Gasteiger partial charge >= 0.3 is 0 Å². The molecule has 0 saturated heterocycles. The van der Waals surface area contributed by atoms with Gasteiger partial charge in [0.05, 0.1) is 0 Å². The topological polar surface area (TPSA) is 26.0 Å². The van der Waals surface area contributed by atoms with E-state index in [-0.39, 0.29) is 5.54 Å². The molecule has 14 heavy (non-hydrogen) atoms. The molecular formula is C12H13NS. The van der Waals surface area contributed by atoms with Crippen molar-refractivity contribution >= 4 is 21.4 Å². The molecule has 0 spiro atoms. The molecule has 0 radical (unpaired) electrons. The summed E-state index contributed by atoms with van der Waals surface area (Å²) in [6.07, 6.45) is 3.45. The second kappa shape index (κ2) is 2.81. The molecule has 1 nitrogen and oxygen atoms in total. The summed E-state index contributed by atoms with van der Waals surface area (Å²) < 4.78 is 1.38. The summed E-state index contributed by atoms with van der Waals surface area (Å²) in [6, 6.07) is 10.8. The number of benzene rings is 1. The van der Waals surface area contributed by atoms with E-state index in [2.05, 4.69) is 30.3 Å². The first-order valence-corrected chi connectivity index (χ1v) is 5.83. The van der Waals surface area contributed by atoms with Gasteiger partial charge in [-0.25, -0.2) is 0 Å². The van der Waals surface area contributed by atoms with E-state index >= 15 is 0 Å². The predicted octanol–water partition coefficient (Wildman–Crippen LogP) is 2.94. The fourth-order valence-corrected chi connectivity index (χ4v) is 3.03. The van der Waals surface area contributed by atoms with Crippen LogP contribution in [0.3, 0.4) is 0 Å². The molecule has 1 heterocycles. The van der Waals surface area contributed by atoms with Crippen molar-refractivity contribution in [1.82, 2.24) is 0 Å². The Balaban J connectivity index is 1.98. The smallest absolute Gasteiger partial charge is 0.0345 e. The maximum atomic E-state index is 6.11. The van der Waals surface area contributed by atoms with Gasteiger partial charge < -0.3 is 5.73 Å². The third-order valence-corrected chi connectivity index (χ3v) is 4.01. The van der Waals surface area contributed by atoms with Crippen LogP contribution in [-0.2, 0) is 6.42 Å². The average Bonchev–Trinajstić information content (AvgIpc) is 2.77. The maximum absolute atomic E-state index is 6.11. The molecule has 2 N–H and O–H groups in total. The van der Waals surface area contributed by atoms with E-state index in [1.54, 1.807) is 0 Å². The van der Waals surface area contributed by atoms with Gasteiger partial charge in [-0.2, -0.15) is 0 Å². The summed E-state index contributed by atoms with van der Waals surface area (Å²) in [7, 11) is 0. The lowest BCUT2D eigenvalue weighted by molar-refractivity contribution is 0.679. The van der Waals surface area contributed by atoms with Gasteiger partial charge in [-0.15, -0.1) is 11.3 Å². The van der Waals surface area contributed by atoms with Crippen LogP contribution in [0.2, 0.25) is 0 Å². The minimum absolute atomic E-state index is 0.140. The molecule has 0 unspecified atom stereocenters. The lowest BCUT2D eigenvalue weighted by Crippen LogP contribution is -2.23. The zero-order valence-corrected chi connectivity index (χ0v) is 8.81.